The molecule has 0 amide bonds. The summed E-state index contributed by atoms with van der Waals surface area (Å²) in [6, 6.07) is 0. The van der Waals surface area contributed by atoms with Gasteiger partial charge in [-0.25, -0.2) is 4.57 Å². The molecule has 0 N–H and O–H groups in total. The van der Waals surface area contributed by atoms with E-state index in [0.29, 0.717) is 19.0 Å². The van der Waals surface area contributed by atoms with E-state index in [0.717, 1.165) is 17.8 Å². The van der Waals surface area contributed by atoms with Gasteiger partial charge in [-0.3, -0.25) is 4.52 Å². The van der Waals surface area contributed by atoms with Gasteiger partial charge in [0.15, 0.2) is 0 Å². The minimum absolute atomic E-state index is 0.165. The van der Waals surface area contributed by atoms with Gasteiger partial charge in [0.25, 0.3) is 5.90 Å². The van der Waals surface area contributed by atoms with E-state index in [1.807, 2.05) is 13.8 Å². The summed E-state index contributed by atoms with van der Waals surface area (Å²) >= 11 is 1.13. The molecule has 0 aliphatic rings. The normalized spacial score (nSPS) is 15.2. The minimum atomic E-state index is -3.24. The van der Waals surface area contributed by atoms with Gasteiger partial charge in [-0.1, -0.05) is 6.92 Å². The third-order valence-corrected chi connectivity index (χ3v) is 5.34. The molecule has 108 valence electrons. The average molecular weight is 299 g/mol. The van der Waals surface area contributed by atoms with Crippen LogP contribution in [0, 0.1) is 0 Å². The lowest BCUT2D eigenvalue weighted by atomic mass is 10.6. The number of ether oxygens (including phenoxy) is 2. The second kappa shape index (κ2) is 10.7. The largest absolute Gasteiger partial charge is 0.477 e. The van der Waals surface area contributed by atoms with Crippen molar-refractivity contribution in [2.75, 3.05) is 32.7 Å². The standard InChI is InChI=1S/C10H22NO5PS/c1-5-8-18-17(12,15-7-3)16-11-10(9-13-4)14-6-2/h5-9H2,1-4H3. The Hall–Kier alpha value is -0.230. The SMILES string of the molecule is CCCSP(=O)(OCC)ON=C(COC)OCC. The number of methoxy groups -OCH3 is 1. The van der Waals surface area contributed by atoms with Gasteiger partial charge in [-0.05, 0) is 36.8 Å². The van der Waals surface area contributed by atoms with Crippen LogP contribution in [0.2, 0.25) is 0 Å². The molecule has 8 heteroatoms. The zero-order valence-electron chi connectivity index (χ0n) is 11.4. The van der Waals surface area contributed by atoms with Crippen LogP contribution in [-0.2, 0) is 23.2 Å². The summed E-state index contributed by atoms with van der Waals surface area (Å²) in [6.07, 6.45) is 0.880. The molecule has 0 heterocycles. The van der Waals surface area contributed by atoms with Crippen molar-refractivity contribution in [2.24, 2.45) is 5.16 Å². The molecule has 6 nitrogen and oxygen atoms in total. The molecule has 0 aliphatic carbocycles. The Morgan fingerprint density at radius 2 is 2.00 bits per heavy atom. The summed E-state index contributed by atoms with van der Waals surface area (Å²) in [5.74, 6) is 0.929. The van der Waals surface area contributed by atoms with Gasteiger partial charge in [0.05, 0.1) is 13.2 Å². The number of hydrogen-bond acceptors (Lipinski definition) is 7. The maximum Gasteiger partial charge on any atom is 0.460 e. The van der Waals surface area contributed by atoms with Crippen LogP contribution in [0.15, 0.2) is 5.16 Å². The van der Waals surface area contributed by atoms with Gasteiger partial charge in [-0.15, -0.1) is 0 Å². The lowest BCUT2D eigenvalue weighted by Gasteiger charge is -2.14. The van der Waals surface area contributed by atoms with Crippen molar-refractivity contribution in [3.05, 3.63) is 0 Å². The number of oxime groups is 1. The molecule has 0 fully saturated rings. The molecule has 0 rings (SSSR count). The molecular formula is C10H22NO5PS. The Kier molecular flexibility index (Phi) is 10.5. The van der Waals surface area contributed by atoms with Crippen LogP contribution in [0.3, 0.4) is 0 Å². The third kappa shape index (κ3) is 7.97. The molecule has 0 saturated carbocycles. The van der Waals surface area contributed by atoms with Gasteiger partial charge in [0.1, 0.15) is 6.61 Å². The first-order chi connectivity index (χ1) is 8.61. The van der Waals surface area contributed by atoms with E-state index in [2.05, 4.69) is 5.16 Å². The molecule has 18 heavy (non-hydrogen) atoms. The highest BCUT2D eigenvalue weighted by atomic mass is 32.7. The van der Waals surface area contributed by atoms with Crippen molar-refractivity contribution in [1.29, 1.82) is 0 Å². The fourth-order valence-corrected chi connectivity index (χ4v) is 4.01. The zero-order chi connectivity index (χ0) is 13.9. The molecule has 1 atom stereocenters. The third-order valence-electron chi connectivity index (χ3n) is 1.56. The molecule has 0 aromatic carbocycles. The predicted molar refractivity (Wildman–Crippen MR) is 74.0 cm³/mol. The van der Waals surface area contributed by atoms with Crippen molar-refractivity contribution in [3.63, 3.8) is 0 Å². The van der Waals surface area contributed by atoms with Crippen molar-refractivity contribution >= 4 is 24.1 Å². The Morgan fingerprint density at radius 1 is 1.28 bits per heavy atom. The van der Waals surface area contributed by atoms with E-state index >= 15 is 0 Å². The first-order valence-corrected chi connectivity index (χ1v) is 9.01. The topological polar surface area (TPSA) is 66.4 Å². The van der Waals surface area contributed by atoms with Crippen LogP contribution in [0.25, 0.3) is 0 Å². The van der Waals surface area contributed by atoms with E-state index in [1.54, 1.807) is 6.92 Å². The Balaban J connectivity index is 4.53. The van der Waals surface area contributed by atoms with Crippen LogP contribution < -0.4 is 0 Å². The van der Waals surface area contributed by atoms with Gasteiger partial charge in [0, 0.05) is 12.9 Å². The first-order valence-electron chi connectivity index (χ1n) is 5.88. The molecular weight excluding hydrogens is 277 g/mol. The van der Waals surface area contributed by atoms with Gasteiger partial charge < -0.3 is 14.1 Å². The van der Waals surface area contributed by atoms with E-state index in [9.17, 15) is 4.57 Å². The smallest absolute Gasteiger partial charge is 0.460 e. The number of hydrogen-bond donors (Lipinski definition) is 0. The lowest BCUT2D eigenvalue weighted by molar-refractivity contribution is 0.185. The second-order valence-electron chi connectivity index (χ2n) is 3.13. The molecule has 0 aromatic heterocycles. The quantitative estimate of drug-likeness (QED) is 0.267. The fourth-order valence-electron chi connectivity index (χ4n) is 0.926. The van der Waals surface area contributed by atoms with Crippen molar-refractivity contribution in [2.45, 2.75) is 27.2 Å². The molecule has 0 spiro atoms. The van der Waals surface area contributed by atoms with E-state index in [-0.39, 0.29) is 12.5 Å². The van der Waals surface area contributed by atoms with Crippen LogP contribution in [-0.4, -0.2) is 38.6 Å². The van der Waals surface area contributed by atoms with E-state index < -0.39 is 6.80 Å². The monoisotopic (exact) mass is 299 g/mol. The zero-order valence-corrected chi connectivity index (χ0v) is 13.1. The first kappa shape index (κ1) is 17.8. The van der Waals surface area contributed by atoms with Gasteiger partial charge >= 0.3 is 6.80 Å². The summed E-state index contributed by atoms with van der Waals surface area (Å²) < 4.78 is 32.4. The van der Waals surface area contributed by atoms with Gasteiger partial charge in [-0.2, -0.15) is 0 Å². The predicted octanol–water partition coefficient (Wildman–Crippen LogP) is 3.29. The highest BCUT2D eigenvalue weighted by Crippen LogP contribution is 2.60. The van der Waals surface area contributed by atoms with Crippen LogP contribution in [0.1, 0.15) is 27.2 Å². The molecule has 0 saturated heterocycles. The van der Waals surface area contributed by atoms with Crippen LogP contribution in [0.4, 0.5) is 0 Å². The summed E-state index contributed by atoms with van der Waals surface area (Å²) in [4.78, 5) is 0. The van der Waals surface area contributed by atoms with E-state index in [4.69, 9.17) is 18.6 Å². The summed E-state index contributed by atoms with van der Waals surface area (Å²) in [5, 5.41) is 3.71. The number of rotatable bonds is 10. The summed E-state index contributed by atoms with van der Waals surface area (Å²) in [5.41, 5.74) is 0. The molecule has 0 bridgehead atoms. The average Bonchev–Trinajstić information content (AvgIpc) is 2.35. The Labute approximate surface area is 113 Å². The van der Waals surface area contributed by atoms with Gasteiger partial charge in [0.2, 0.25) is 0 Å². The molecule has 0 aromatic rings. The van der Waals surface area contributed by atoms with E-state index in [1.165, 1.54) is 7.11 Å². The molecule has 1 unspecified atom stereocenters. The van der Waals surface area contributed by atoms with Crippen LogP contribution >= 0.6 is 18.2 Å². The van der Waals surface area contributed by atoms with Crippen LogP contribution in [0.5, 0.6) is 0 Å². The highest BCUT2D eigenvalue weighted by molar-refractivity contribution is 8.55. The molecule has 0 aliphatic heterocycles. The minimum Gasteiger partial charge on any atom is -0.477 e. The Morgan fingerprint density at radius 3 is 2.50 bits per heavy atom. The second-order valence-corrected chi connectivity index (χ2v) is 7.23. The van der Waals surface area contributed by atoms with Crippen molar-refractivity contribution in [3.8, 4) is 0 Å². The van der Waals surface area contributed by atoms with Crippen molar-refractivity contribution in [1.82, 2.24) is 0 Å². The number of nitrogens with zero attached hydrogens (tertiary/aromatic N) is 1. The molecule has 0 radical (unpaired) electrons. The summed E-state index contributed by atoms with van der Waals surface area (Å²) in [6.45, 7) is 3.22. The summed E-state index contributed by atoms with van der Waals surface area (Å²) in [7, 11) is 1.52. The Bertz CT molecular complexity index is 279. The maximum atomic E-state index is 12.2. The lowest BCUT2D eigenvalue weighted by Crippen LogP contribution is -2.12. The van der Waals surface area contributed by atoms with Crippen molar-refractivity contribution < 1.29 is 23.2 Å². The fraction of sp³-hybridized carbons (Fsp3) is 0.900. The highest BCUT2D eigenvalue weighted by Gasteiger charge is 2.26. The maximum absolute atomic E-state index is 12.2.